The highest BCUT2D eigenvalue weighted by atomic mass is 32.1. The molecule has 1 saturated heterocycles. The molecule has 4 rings (SSSR count). The first-order chi connectivity index (χ1) is 13.2. The van der Waals surface area contributed by atoms with Crippen molar-refractivity contribution in [3.63, 3.8) is 0 Å². The van der Waals surface area contributed by atoms with Crippen LogP contribution in [-0.2, 0) is 17.6 Å². The first-order valence-electron chi connectivity index (χ1n) is 9.54. The molecule has 1 aromatic heterocycles. The van der Waals surface area contributed by atoms with Gasteiger partial charge in [0.05, 0.1) is 12.2 Å². The number of aryl methyl sites for hydroxylation is 2. The van der Waals surface area contributed by atoms with Crippen LogP contribution in [0.4, 0.5) is 5.13 Å². The zero-order valence-corrected chi connectivity index (χ0v) is 16.1. The van der Waals surface area contributed by atoms with Gasteiger partial charge in [0.2, 0.25) is 5.91 Å². The van der Waals surface area contributed by atoms with E-state index in [4.69, 9.17) is 0 Å². The average molecular weight is 385 g/mol. The molecule has 2 aliphatic rings. The van der Waals surface area contributed by atoms with E-state index in [2.05, 4.69) is 15.2 Å². The smallest absolute Gasteiger partial charge is 0.253 e. The normalized spacial score (nSPS) is 17.4. The van der Waals surface area contributed by atoms with Crippen molar-refractivity contribution < 1.29 is 9.59 Å². The molecule has 6 nitrogen and oxygen atoms in total. The fraction of sp³-hybridized carbons (Fsp3) is 0.450. The van der Waals surface area contributed by atoms with Crippen LogP contribution in [0.25, 0.3) is 0 Å². The van der Waals surface area contributed by atoms with Crippen molar-refractivity contribution in [2.75, 3.05) is 38.0 Å². The molecule has 0 atom stereocenters. The number of anilines is 1. The number of aromatic nitrogens is 1. The van der Waals surface area contributed by atoms with E-state index < -0.39 is 0 Å². The van der Waals surface area contributed by atoms with Gasteiger partial charge >= 0.3 is 0 Å². The standard InChI is InChI=1S/C20H24N4O2S/c25-18(22-20-21-16-8-4-5-9-17(16)27-20)14-23-10-12-24(13-11-23)19(26)15-6-2-1-3-7-15/h1-3,6-7H,4-5,8-14H2,(H,21,22,25). The number of amides is 2. The number of fused-ring (bicyclic) bond motifs is 1. The van der Waals surface area contributed by atoms with Gasteiger partial charge in [-0.2, -0.15) is 0 Å². The van der Waals surface area contributed by atoms with Crippen LogP contribution in [0.1, 0.15) is 33.8 Å². The molecular formula is C20H24N4O2S. The van der Waals surface area contributed by atoms with Crippen molar-refractivity contribution in [3.8, 4) is 0 Å². The SMILES string of the molecule is O=C(CN1CCN(C(=O)c2ccccc2)CC1)Nc1nc2c(s1)CCCC2. The summed E-state index contributed by atoms with van der Waals surface area (Å²) in [7, 11) is 0. The molecule has 0 unspecified atom stereocenters. The Labute approximate surface area is 163 Å². The van der Waals surface area contributed by atoms with E-state index in [-0.39, 0.29) is 11.8 Å². The van der Waals surface area contributed by atoms with Crippen molar-refractivity contribution in [3.05, 3.63) is 46.5 Å². The summed E-state index contributed by atoms with van der Waals surface area (Å²) in [5, 5.41) is 3.68. The van der Waals surface area contributed by atoms with E-state index in [0.29, 0.717) is 32.7 Å². The Kier molecular flexibility index (Phi) is 5.50. The van der Waals surface area contributed by atoms with Gasteiger partial charge in [0.15, 0.2) is 5.13 Å². The fourth-order valence-electron chi connectivity index (χ4n) is 3.64. The maximum atomic E-state index is 12.5. The zero-order chi connectivity index (χ0) is 18.6. The van der Waals surface area contributed by atoms with Gasteiger partial charge in [-0.3, -0.25) is 14.5 Å². The maximum absolute atomic E-state index is 12.5. The Morgan fingerprint density at radius 2 is 1.78 bits per heavy atom. The molecule has 1 fully saturated rings. The molecule has 27 heavy (non-hydrogen) atoms. The first-order valence-corrected chi connectivity index (χ1v) is 10.4. The Hall–Kier alpha value is -2.25. The predicted octanol–water partition coefficient (Wildman–Crippen LogP) is 2.42. The third-order valence-corrected chi connectivity index (χ3v) is 6.21. The molecule has 0 bridgehead atoms. The number of carbonyl (C=O) groups excluding carboxylic acids is 2. The van der Waals surface area contributed by atoms with E-state index in [1.807, 2.05) is 35.2 Å². The molecule has 0 saturated carbocycles. The summed E-state index contributed by atoms with van der Waals surface area (Å²) in [6.07, 6.45) is 4.52. The second kappa shape index (κ2) is 8.19. The van der Waals surface area contributed by atoms with Crippen LogP contribution in [-0.4, -0.2) is 59.3 Å². The molecule has 2 amide bonds. The van der Waals surface area contributed by atoms with Gasteiger partial charge in [-0.05, 0) is 37.8 Å². The lowest BCUT2D eigenvalue weighted by molar-refractivity contribution is -0.117. The number of benzene rings is 1. The third kappa shape index (κ3) is 4.36. The number of nitrogens with zero attached hydrogens (tertiary/aromatic N) is 3. The van der Waals surface area contributed by atoms with Crippen LogP contribution in [0.15, 0.2) is 30.3 Å². The Balaban J connectivity index is 1.26. The summed E-state index contributed by atoms with van der Waals surface area (Å²) >= 11 is 1.61. The number of hydrogen-bond acceptors (Lipinski definition) is 5. The van der Waals surface area contributed by atoms with Gasteiger partial charge in [-0.25, -0.2) is 4.98 Å². The van der Waals surface area contributed by atoms with E-state index in [1.54, 1.807) is 11.3 Å². The van der Waals surface area contributed by atoms with Crippen molar-refractivity contribution in [1.82, 2.24) is 14.8 Å². The molecule has 0 radical (unpaired) electrons. The van der Waals surface area contributed by atoms with Crippen LogP contribution in [0.2, 0.25) is 0 Å². The zero-order valence-electron chi connectivity index (χ0n) is 15.3. The van der Waals surface area contributed by atoms with Crippen LogP contribution in [0, 0.1) is 0 Å². The molecule has 1 aliphatic carbocycles. The summed E-state index contributed by atoms with van der Waals surface area (Å²) in [4.78, 5) is 34.7. The monoisotopic (exact) mass is 384 g/mol. The van der Waals surface area contributed by atoms with Crippen LogP contribution in [0.5, 0.6) is 0 Å². The molecule has 2 aromatic rings. The van der Waals surface area contributed by atoms with Crippen LogP contribution >= 0.6 is 11.3 Å². The maximum Gasteiger partial charge on any atom is 0.253 e. The molecule has 1 N–H and O–H groups in total. The molecule has 142 valence electrons. The third-order valence-electron chi connectivity index (χ3n) is 5.14. The molecule has 1 aliphatic heterocycles. The minimum Gasteiger partial charge on any atom is -0.336 e. The quantitative estimate of drug-likeness (QED) is 0.879. The molecule has 2 heterocycles. The number of thiazole rings is 1. The number of piperazine rings is 1. The highest BCUT2D eigenvalue weighted by Crippen LogP contribution is 2.29. The first kappa shape index (κ1) is 18.1. The second-order valence-corrected chi connectivity index (χ2v) is 8.16. The van der Waals surface area contributed by atoms with Gasteiger partial charge in [0.1, 0.15) is 0 Å². The van der Waals surface area contributed by atoms with Crippen molar-refractivity contribution >= 4 is 28.3 Å². The fourth-order valence-corrected chi connectivity index (χ4v) is 4.71. The van der Waals surface area contributed by atoms with Gasteiger partial charge in [0, 0.05) is 36.6 Å². The van der Waals surface area contributed by atoms with E-state index in [1.165, 1.54) is 17.7 Å². The minimum absolute atomic E-state index is 0.0241. The summed E-state index contributed by atoms with van der Waals surface area (Å²) in [5.74, 6) is 0.0389. The highest BCUT2D eigenvalue weighted by Gasteiger charge is 2.24. The highest BCUT2D eigenvalue weighted by molar-refractivity contribution is 7.15. The van der Waals surface area contributed by atoms with Crippen molar-refractivity contribution in [2.45, 2.75) is 25.7 Å². The molecule has 1 aromatic carbocycles. The molecule has 7 heteroatoms. The number of rotatable bonds is 4. The van der Waals surface area contributed by atoms with E-state index in [9.17, 15) is 9.59 Å². The van der Waals surface area contributed by atoms with Crippen molar-refractivity contribution in [1.29, 1.82) is 0 Å². The molecular weight excluding hydrogens is 360 g/mol. The lowest BCUT2D eigenvalue weighted by Gasteiger charge is -2.34. The van der Waals surface area contributed by atoms with Gasteiger partial charge in [-0.15, -0.1) is 11.3 Å². The van der Waals surface area contributed by atoms with Gasteiger partial charge < -0.3 is 10.2 Å². The van der Waals surface area contributed by atoms with Crippen molar-refractivity contribution in [2.24, 2.45) is 0 Å². The summed E-state index contributed by atoms with van der Waals surface area (Å²) in [6.45, 7) is 3.05. The predicted molar refractivity (Wildman–Crippen MR) is 106 cm³/mol. The van der Waals surface area contributed by atoms with E-state index >= 15 is 0 Å². The number of hydrogen-bond donors (Lipinski definition) is 1. The number of nitrogens with one attached hydrogen (secondary N) is 1. The Bertz CT molecular complexity index is 789. The summed E-state index contributed by atoms with van der Waals surface area (Å²) in [6, 6.07) is 9.35. The second-order valence-electron chi connectivity index (χ2n) is 7.08. The van der Waals surface area contributed by atoms with Gasteiger partial charge in [-0.1, -0.05) is 18.2 Å². The Morgan fingerprint density at radius 1 is 1.04 bits per heavy atom. The largest absolute Gasteiger partial charge is 0.336 e. The topological polar surface area (TPSA) is 65.5 Å². The molecule has 0 spiro atoms. The summed E-state index contributed by atoms with van der Waals surface area (Å²) in [5.41, 5.74) is 1.88. The average Bonchev–Trinajstić information content (AvgIpc) is 3.10. The summed E-state index contributed by atoms with van der Waals surface area (Å²) < 4.78 is 0. The Morgan fingerprint density at radius 3 is 2.52 bits per heavy atom. The lowest BCUT2D eigenvalue weighted by atomic mass is 10.0. The number of carbonyl (C=O) groups is 2. The van der Waals surface area contributed by atoms with E-state index in [0.717, 1.165) is 29.2 Å². The minimum atomic E-state index is -0.0241. The lowest BCUT2D eigenvalue weighted by Crippen LogP contribution is -2.50. The van der Waals surface area contributed by atoms with Gasteiger partial charge in [0.25, 0.3) is 5.91 Å². The van der Waals surface area contributed by atoms with Crippen LogP contribution in [0.3, 0.4) is 0 Å². The van der Waals surface area contributed by atoms with Crippen LogP contribution < -0.4 is 5.32 Å².